The molecule has 1 atom stereocenters. The van der Waals surface area contributed by atoms with Gasteiger partial charge in [0.05, 0.1) is 24.4 Å². The van der Waals surface area contributed by atoms with Crippen LogP contribution in [0.15, 0.2) is 30.5 Å². The molecule has 5 nitrogen and oxygen atoms in total. The Bertz CT molecular complexity index is 681. The highest BCUT2D eigenvalue weighted by molar-refractivity contribution is 6.04. The van der Waals surface area contributed by atoms with Gasteiger partial charge in [0.2, 0.25) is 0 Å². The van der Waals surface area contributed by atoms with Crippen molar-refractivity contribution in [1.82, 2.24) is 4.98 Å². The molecular weight excluding hydrogens is 292 g/mol. The highest BCUT2D eigenvalue weighted by Gasteiger charge is 2.19. The number of carbonyl (C=O) groups excluding carboxylic acids is 1. The molecule has 0 spiro atoms. The molecule has 0 bridgehead atoms. The van der Waals surface area contributed by atoms with Crippen molar-refractivity contribution in [2.45, 2.75) is 19.8 Å². The van der Waals surface area contributed by atoms with Crippen LogP contribution in [0.25, 0.3) is 10.9 Å². The van der Waals surface area contributed by atoms with Gasteiger partial charge in [0, 0.05) is 24.7 Å². The van der Waals surface area contributed by atoms with Crippen molar-refractivity contribution in [3.63, 3.8) is 0 Å². The van der Waals surface area contributed by atoms with E-state index in [1.807, 2.05) is 24.3 Å². The van der Waals surface area contributed by atoms with Crippen molar-refractivity contribution in [3.8, 4) is 0 Å². The van der Waals surface area contributed by atoms with E-state index in [0.29, 0.717) is 18.1 Å². The first kappa shape index (κ1) is 15.7. The van der Waals surface area contributed by atoms with Gasteiger partial charge in [-0.05, 0) is 31.7 Å². The van der Waals surface area contributed by atoms with Gasteiger partial charge >= 0.3 is 5.97 Å². The molecule has 1 aliphatic heterocycles. The Morgan fingerprint density at radius 1 is 1.43 bits per heavy atom. The lowest BCUT2D eigenvalue weighted by atomic mass is 10.0. The van der Waals surface area contributed by atoms with Crippen molar-refractivity contribution in [3.05, 3.63) is 36.0 Å². The number of rotatable bonds is 5. The zero-order valence-corrected chi connectivity index (χ0v) is 13.4. The van der Waals surface area contributed by atoms with E-state index in [9.17, 15) is 4.79 Å². The summed E-state index contributed by atoms with van der Waals surface area (Å²) in [4.78, 5) is 16.6. The predicted octanol–water partition coefficient (Wildman–Crippen LogP) is 3.25. The minimum absolute atomic E-state index is 0.340. The number of hydrogen-bond donors (Lipinski definition) is 1. The lowest BCUT2D eigenvalue weighted by Crippen LogP contribution is -2.25. The summed E-state index contributed by atoms with van der Waals surface area (Å²) in [6.07, 6.45) is 3.83. The Kier molecular flexibility index (Phi) is 5.08. The number of aromatic nitrogens is 1. The number of ether oxygens (including phenoxy) is 2. The maximum Gasteiger partial charge on any atom is 0.341 e. The molecule has 0 amide bonds. The zero-order chi connectivity index (χ0) is 16.1. The van der Waals surface area contributed by atoms with Crippen molar-refractivity contribution < 1.29 is 14.3 Å². The number of nitrogens with one attached hydrogen (secondary N) is 1. The second kappa shape index (κ2) is 7.42. The first-order chi connectivity index (χ1) is 11.3. The molecule has 1 saturated heterocycles. The zero-order valence-electron chi connectivity index (χ0n) is 13.4. The van der Waals surface area contributed by atoms with E-state index in [4.69, 9.17) is 9.47 Å². The fourth-order valence-corrected chi connectivity index (χ4v) is 2.91. The molecule has 2 aromatic rings. The lowest BCUT2D eigenvalue weighted by molar-refractivity contribution is 0.0527. The van der Waals surface area contributed by atoms with Gasteiger partial charge in [-0.1, -0.05) is 18.2 Å². The highest BCUT2D eigenvalue weighted by atomic mass is 16.5. The average Bonchev–Trinajstić information content (AvgIpc) is 2.60. The van der Waals surface area contributed by atoms with E-state index in [-0.39, 0.29) is 5.97 Å². The summed E-state index contributed by atoms with van der Waals surface area (Å²) in [6.45, 7) is 4.55. The molecule has 1 N–H and O–H groups in total. The van der Waals surface area contributed by atoms with Crippen LogP contribution < -0.4 is 5.32 Å². The topological polar surface area (TPSA) is 60.5 Å². The highest BCUT2D eigenvalue weighted by Crippen LogP contribution is 2.27. The summed E-state index contributed by atoms with van der Waals surface area (Å²) in [5.41, 5.74) is 2.16. The number of nitrogens with zero attached hydrogens (tertiary/aromatic N) is 1. The Labute approximate surface area is 136 Å². The number of hydrogen-bond acceptors (Lipinski definition) is 5. The molecule has 1 aromatic carbocycles. The number of benzene rings is 1. The molecule has 3 rings (SSSR count). The molecular formula is C18H22N2O3. The first-order valence-electron chi connectivity index (χ1n) is 8.16. The summed E-state index contributed by atoms with van der Waals surface area (Å²) >= 11 is 0. The van der Waals surface area contributed by atoms with Crippen LogP contribution in [0.5, 0.6) is 0 Å². The number of pyridine rings is 1. The maximum atomic E-state index is 12.2. The molecule has 0 aliphatic carbocycles. The molecule has 1 fully saturated rings. The number of fused-ring (bicyclic) bond motifs is 1. The van der Waals surface area contributed by atoms with Gasteiger partial charge in [-0.25, -0.2) is 4.79 Å². The fraction of sp³-hybridized carbons (Fsp3) is 0.444. The molecule has 0 radical (unpaired) electrons. The van der Waals surface area contributed by atoms with Crippen molar-refractivity contribution in [2.24, 2.45) is 5.92 Å². The number of anilines is 1. The number of carbonyl (C=O) groups is 1. The Hall–Kier alpha value is -2.14. The summed E-state index contributed by atoms with van der Waals surface area (Å²) in [6, 6.07) is 7.82. The summed E-state index contributed by atoms with van der Waals surface area (Å²) in [7, 11) is 0. The third kappa shape index (κ3) is 3.62. The Morgan fingerprint density at radius 2 is 2.30 bits per heavy atom. The molecule has 122 valence electrons. The summed E-state index contributed by atoms with van der Waals surface area (Å²) in [5.74, 6) is 0.124. The molecule has 1 aromatic heterocycles. The fourth-order valence-electron chi connectivity index (χ4n) is 2.91. The van der Waals surface area contributed by atoms with Gasteiger partial charge in [-0.3, -0.25) is 4.98 Å². The first-order valence-corrected chi connectivity index (χ1v) is 8.16. The van der Waals surface area contributed by atoms with Crippen LogP contribution in [0.4, 0.5) is 5.69 Å². The number of esters is 1. The quantitative estimate of drug-likeness (QED) is 0.858. The van der Waals surface area contributed by atoms with E-state index in [1.54, 1.807) is 13.1 Å². The Balaban J connectivity index is 1.90. The second-order valence-electron chi connectivity index (χ2n) is 5.75. The minimum Gasteiger partial charge on any atom is -0.462 e. The van der Waals surface area contributed by atoms with Gasteiger partial charge < -0.3 is 14.8 Å². The molecule has 1 aliphatic rings. The predicted molar refractivity (Wildman–Crippen MR) is 89.7 cm³/mol. The SMILES string of the molecule is CCOC(=O)c1cnc2ccccc2c1NCC1CCCOC1. The number of para-hydroxylation sites is 1. The maximum absolute atomic E-state index is 12.2. The van der Waals surface area contributed by atoms with Gasteiger partial charge in [0.25, 0.3) is 0 Å². The van der Waals surface area contributed by atoms with Crippen LogP contribution in [-0.2, 0) is 9.47 Å². The van der Waals surface area contributed by atoms with E-state index in [2.05, 4.69) is 10.3 Å². The van der Waals surface area contributed by atoms with Gasteiger partial charge in [0.15, 0.2) is 0 Å². The molecule has 5 heteroatoms. The van der Waals surface area contributed by atoms with Crippen LogP contribution in [-0.4, -0.2) is 37.3 Å². The third-order valence-electron chi connectivity index (χ3n) is 4.09. The Morgan fingerprint density at radius 3 is 3.09 bits per heavy atom. The van der Waals surface area contributed by atoms with Crippen LogP contribution in [0.1, 0.15) is 30.1 Å². The van der Waals surface area contributed by atoms with Crippen LogP contribution in [0.2, 0.25) is 0 Å². The van der Waals surface area contributed by atoms with Gasteiger partial charge in [0.1, 0.15) is 5.56 Å². The second-order valence-corrected chi connectivity index (χ2v) is 5.75. The smallest absolute Gasteiger partial charge is 0.341 e. The lowest BCUT2D eigenvalue weighted by Gasteiger charge is -2.23. The minimum atomic E-state index is -0.340. The molecule has 1 unspecified atom stereocenters. The van der Waals surface area contributed by atoms with Gasteiger partial charge in [-0.2, -0.15) is 0 Å². The van der Waals surface area contributed by atoms with Crippen molar-refractivity contribution >= 4 is 22.6 Å². The van der Waals surface area contributed by atoms with Crippen molar-refractivity contribution in [2.75, 3.05) is 31.7 Å². The third-order valence-corrected chi connectivity index (χ3v) is 4.09. The standard InChI is InChI=1S/C18H22N2O3/c1-2-23-18(21)15-11-19-16-8-4-3-7-14(16)17(15)20-10-13-6-5-9-22-12-13/h3-4,7-8,11,13H,2,5-6,9-10,12H2,1H3,(H,19,20). The summed E-state index contributed by atoms with van der Waals surface area (Å²) in [5, 5.41) is 4.38. The van der Waals surface area contributed by atoms with Crippen molar-refractivity contribution in [1.29, 1.82) is 0 Å². The van der Waals surface area contributed by atoms with Crippen LogP contribution in [0.3, 0.4) is 0 Å². The van der Waals surface area contributed by atoms with Gasteiger partial charge in [-0.15, -0.1) is 0 Å². The monoisotopic (exact) mass is 314 g/mol. The van der Waals surface area contributed by atoms with E-state index < -0.39 is 0 Å². The van der Waals surface area contributed by atoms with Crippen LogP contribution in [0, 0.1) is 5.92 Å². The normalized spacial score (nSPS) is 17.9. The van der Waals surface area contributed by atoms with Crippen LogP contribution >= 0.6 is 0 Å². The van der Waals surface area contributed by atoms with E-state index >= 15 is 0 Å². The molecule has 2 heterocycles. The largest absolute Gasteiger partial charge is 0.462 e. The summed E-state index contributed by atoms with van der Waals surface area (Å²) < 4.78 is 10.7. The van der Waals surface area contributed by atoms with E-state index in [1.165, 1.54) is 0 Å². The molecule has 23 heavy (non-hydrogen) atoms. The molecule has 0 saturated carbocycles. The van der Waals surface area contributed by atoms with E-state index in [0.717, 1.165) is 49.2 Å². The average molecular weight is 314 g/mol.